The van der Waals surface area contributed by atoms with Gasteiger partial charge in [-0.2, -0.15) is 4.98 Å². The zero-order chi connectivity index (χ0) is 14.6. The summed E-state index contributed by atoms with van der Waals surface area (Å²) in [6.07, 6.45) is 4.72. The molecule has 1 aromatic rings. The van der Waals surface area contributed by atoms with Crippen LogP contribution in [-0.2, 0) is 14.8 Å². The zero-order valence-electron chi connectivity index (χ0n) is 11.3. The molecule has 1 N–H and O–H groups in total. The standard InChI is InChI=1S/C11H18N4O4S/c1-12-20(17,18)7-10(16)15-6-4-2-3-5-9(15)11-13-8-19-14-11/h8-9,12H,2-7H2,1H3. The van der Waals surface area contributed by atoms with E-state index in [1.54, 1.807) is 4.90 Å². The fourth-order valence-corrected chi connectivity index (χ4v) is 2.95. The lowest BCUT2D eigenvalue weighted by Gasteiger charge is -2.27. The van der Waals surface area contributed by atoms with E-state index >= 15 is 0 Å². The largest absolute Gasteiger partial charge is 0.343 e. The number of nitrogens with zero attached hydrogens (tertiary/aromatic N) is 3. The number of hydrogen-bond acceptors (Lipinski definition) is 6. The molecule has 0 radical (unpaired) electrons. The number of hydrogen-bond donors (Lipinski definition) is 1. The molecule has 2 rings (SSSR count). The van der Waals surface area contributed by atoms with Gasteiger partial charge in [-0.3, -0.25) is 4.79 Å². The topological polar surface area (TPSA) is 105 Å². The first-order chi connectivity index (χ1) is 9.53. The number of carbonyl (C=O) groups is 1. The number of aromatic nitrogens is 2. The fourth-order valence-electron chi connectivity index (χ4n) is 2.32. The van der Waals surface area contributed by atoms with Gasteiger partial charge in [-0.05, 0) is 19.9 Å². The summed E-state index contributed by atoms with van der Waals surface area (Å²) in [5.41, 5.74) is 0. The van der Waals surface area contributed by atoms with Crippen molar-refractivity contribution in [1.29, 1.82) is 0 Å². The van der Waals surface area contributed by atoms with E-state index in [0.717, 1.165) is 19.3 Å². The predicted molar refractivity (Wildman–Crippen MR) is 70.1 cm³/mol. The van der Waals surface area contributed by atoms with Gasteiger partial charge in [-0.1, -0.05) is 18.0 Å². The van der Waals surface area contributed by atoms with Crippen molar-refractivity contribution in [1.82, 2.24) is 19.8 Å². The third-order valence-electron chi connectivity index (χ3n) is 3.37. The molecule has 0 bridgehead atoms. The summed E-state index contributed by atoms with van der Waals surface area (Å²) in [7, 11) is -2.28. The van der Waals surface area contributed by atoms with Crippen LogP contribution in [-0.4, -0.2) is 48.7 Å². The summed E-state index contributed by atoms with van der Waals surface area (Å²) in [4.78, 5) is 17.8. The molecule has 112 valence electrons. The van der Waals surface area contributed by atoms with Crippen LogP contribution < -0.4 is 4.72 Å². The van der Waals surface area contributed by atoms with Crippen molar-refractivity contribution in [3.05, 3.63) is 12.2 Å². The molecular weight excluding hydrogens is 284 g/mol. The van der Waals surface area contributed by atoms with Gasteiger partial charge in [0.1, 0.15) is 5.75 Å². The second-order valence-electron chi connectivity index (χ2n) is 4.70. The summed E-state index contributed by atoms with van der Waals surface area (Å²) < 4.78 is 29.9. The predicted octanol–water partition coefficient (Wildman–Crippen LogP) is 0.0625. The molecule has 1 aliphatic heterocycles. The quantitative estimate of drug-likeness (QED) is 0.843. The summed E-state index contributed by atoms with van der Waals surface area (Å²) in [5.74, 6) is -0.559. The SMILES string of the molecule is CNS(=O)(=O)CC(=O)N1CCCCCC1c1ncon1. The molecule has 8 nitrogen and oxygen atoms in total. The first kappa shape index (κ1) is 14.9. The van der Waals surface area contributed by atoms with Crippen LogP contribution in [0.15, 0.2) is 10.9 Å². The van der Waals surface area contributed by atoms with Gasteiger partial charge in [-0.25, -0.2) is 13.1 Å². The van der Waals surface area contributed by atoms with Crippen LogP contribution in [0, 0.1) is 0 Å². The van der Waals surface area contributed by atoms with Crippen LogP contribution >= 0.6 is 0 Å². The molecule has 1 atom stereocenters. The van der Waals surface area contributed by atoms with Crippen LogP contribution in [0.25, 0.3) is 0 Å². The van der Waals surface area contributed by atoms with E-state index < -0.39 is 21.7 Å². The van der Waals surface area contributed by atoms with Gasteiger partial charge in [0.05, 0.1) is 6.04 Å². The lowest BCUT2D eigenvalue weighted by Crippen LogP contribution is -2.41. The van der Waals surface area contributed by atoms with E-state index in [2.05, 4.69) is 14.9 Å². The minimum Gasteiger partial charge on any atom is -0.343 e. The van der Waals surface area contributed by atoms with E-state index in [1.165, 1.54) is 13.4 Å². The second-order valence-corrected chi connectivity index (χ2v) is 6.63. The Kier molecular flexibility index (Phi) is 4.71. The highest BCUT2D eigenvalue weighted by atomic mass is 32.2. The first-order valence-electron chi connectivity index (χ1n) is 6.50. The molecule has 1 unspecified atom stereocenters. The monoisotopic (exact) mass is 302 g/mol. The summed E-state index contributed by atoms with van der Waals surface area (Å²) in [6, 6.07) is -0.309. The van der Waals surface area contributed by atoms with E-state index in [9.17, 15) is 13.2 Å². The molecule has 1 amide bonds. The van der Waals surface area contributed by atoms with Crippen LogP contribution in [0.3, 0.4) is 0 Å². The molecule has 2 heterocycles. The molecule has 1 saturated heterocycles. The molecule has 0 saturated carbocycles. The van der Waals surface area contributed by atoms with Crippen molar-refractivity contribution in [3.8, 4) is 0 Å². The third-order valence-corrected chi connectivity index (χ3v) is 4.62. The Morgan fingerprint density at radius 3 is 2.95 bits per heavy atom. The minimum absolute atomic E-state index is 0.309. The number of nitrogens with one attached hydrogen (secondary N) is 1. The average Bonchev–Trinajstić information content (AvgIpc) is 2.82. The molecule has 0 aromatic carbocycles. The maximum Gasteiger partial charge on any atom is 0.239 e. The Balaban J connectivity index is 2.18. The highest BCUT2D eigenvalue weighted by molar-refractivity contribution is 7.90. The van der Waals surface area contributed by atoms with Gasteiger partial charge in [-0.15, -0.1) is 0 Å². The Morgan fingerprint density at radius 2 is 2.30 bits per heavy atom. The van der Waals surface area contributed by atoms with Crippen molar-refractivity contribution in [2.75, 3.05) is 19.3 Å². The number of likely N-dealkylation sites (tertiary alicyclic amines) is 1. The molecule has 9 heteroatoms. The molecular formula is C11H18N4O4S. The second kappa shape index (κ2) is 6.31. The minimum atomic E-state index is -3.58. The van der Waals surface area contributed by atoms with Crippen LogP contribution in [0.2, 0.25) is 0 Å². The smallest absolute Gasteiger partial charge is 0.239 e. The van der Waals surface area contributed by atoms with Crippen molar-refractivity contribution in [2.45, 2.75) is 31.7 Å². The van der Waals surface area contributed by atoms with Gasteiger partial charge in [0.25, 0.3) is 0 Å². The lowest BCUT2D eigenvalue weighted by atomic mass is 10.1. The lowest BCUT2D eigenvalue weighted by molar-refractivity contribution is -0.131. The van der Waals surface area contributed by atoms with Crippen LogP contribution in [0.4, 0.5) is 0 Å². The third kappa shape index (κ3) is 3.54. The molecule has 20 heavy (non-hydrogen) atoms. The summed E-state index contributed by atoms with van der Waals surface area (Å²) >= 11 is 0. The van der Waals surface area contributed by atoms with E-state index in [-0.39, 0.29) is 6.04 Å². The van der Waals surface area contributed by atoms with Crippen molar-refractivity contribution >= 4 is 15.9 Å². The molecule has 0 spiro atoms. The number of carbonyl (C=O) groups excluding carboxylic acids is 1. The summed E-state index contributed by atoms with van der Waals surface area (Å²) in [6.45, 7) is 0.511. The zero-order valence-corrected chi connectivity index (χ0v) is 12.1. The highest BCUT2D eigenvalue weighted by Crippen LogP contribution is 2.28. The van der Waals surface area contributed by atoms with E-state index in [4.69, 9.17) is 4.52 Å². The van der Waals surface area contributed by atoms with Crippen molar-refractivity contribution in [2.24, 2.45) is 0 Å². The first-order valence-corrected chi connectivity index (χ1v) is 8.15. The van der Waals surface area contributed by atoms with Gasteiger partial charge >= 0.3 is 0 Å². The van der Waals surface area contributed by atoms with E-state index in [0.29, 0.717) is 18.8 Å². The van der Waals surface area contributed by atoms with Gasteiger partial charge < -0.3 is 9.42 Å². The maximum absolute atomic E-state index is 12.3. The molecule has 1 aliphatic rings. The Labute approximate surface area is 117 Å². The number of sulfonamides is 1. The molecule has 1 aromatic heterocycles. The van der Waals surface area contributed by atoms with Gasteiger partial charge in [0, 0.05) is 6.54 Å². The van der Waals surface area contributed by atoms with Crippen molar-refractivity contribution < 1.29 is 17.7 Å². The van der Waals surface area contributed by atoms with Crippen molar-refractivity contribution in [3.63, 3.8) is 0 Å². The number of rotatable bonds is 4. The van der Waals surface area contributed by atoms with Gasteiger partial charge in [0.15, 0.2) is 5.82 Å². The average molecular weight is 302 g/mol. The molecule has 1 fully saturated rings. The van der Waals surface area contributed by atoms with Crippen LogP contribution in [0.5, 0.6) is 0 Å². The summed E-state index contributed by atoms with van der Waals surface area (Å²) in [5, 5.41) is 3.79. The Morgan fingerprint density at radius 1 is 1.50 bits per heavy atom. The van der Waals surface area contributed by atoms with Gasteiger partial charge in [0.2, 0.25) is 22.3 Å². The Bertz CT molecular complexity index is 543. The van der Waals surface area contributed by atoms with Crippen LogP contribution in [0.1, 0.15) is 37.5 Å². The van der Waals surface area contributed by atoms with E-state index in [1.807, 2.05) is 0 Å². The highest BCUT2D eigenvalue weighted by Gasteiger charge is 2.31. The molecule has 0 aliphatic carbocycles. The normalized spacial score (nSPS) is 20.6. The fraction of sp³-hybridized carbons (Fsp3) is 0.727. The Hall–Kier alpha value is -1.48. The maximum atomic E-state index is 12.3. The number of amides is 1.